The molecule has 6 saturated carbocycles. The summed E-state index contributed by atoms with van der Waals surface area (Å²) in [5.74, 6) is 1.16. The second-order valence-electron chi connectivity index (χ2n) is 29.3. The number of carbonyl (C=O) groups excluding carboxylic acids is 1. The van der Waals surface area contributed by atoms with Crippen molar-refractivity contribution in [2.24, 2.45) is 50.2 Å². The predicted molar refractivity (Wildman–Crippen MR) is 309 cm³/mol. The van der Waals surface area contributed by atoms with Crippen LogP contribution in [0.5, 0.6) is 0 Å². The molecule has 0 saturated heterocycles. The summed E-state index contributed by atoms with van der Waals surface area (Å²) in [6.07, 6.45) is 7.02. The number of rotatable bonds is 19. The maximum absolute atomic E-state index is 13.6. The van der Waals surface area contributed by atoms with Gasteiger partial charge >= 0.3 is 0 Å². The summed E-state index contributed by atoms with van der Waals surface area (Å²) >= 11 is 0. The average Bonchev–Trinajstić information content (AvgIpc) is 3.84. The molecular weight excluding hydrogens is 1040 g/mol. The number of ketones is 1. The number of fused-ring (bicyclic) bond motifs is 6. The van der Waals surface area contributed by atoms with Crippen molar-refractivity contribution in [3.05, 3.63) is 0 Å². The van der Waals surface area contributed by atoms with Crippen LogP contribution in [-0.4, -0.2) is 125 Å². The van der Waals surface area contributed by atoms with Crippen molar-refractivity contribution in [1.29, 1.82) is 10.5 Å². The van der Waals surface area contributed by atoms with E-state index in [1.54, 1.807) is 12.9 Å². The minimum Gasteiger partial charge on any atom is -0.399 e. The number of carbonyl (C=O) groups is 1. The second kappa shape index (κ2) is 21.6. The maximum atomic E-state index is 13.6. The van der Waals surface area contributed by atoms with Crippen molar-refractivity contribution in [2.75, 3.05) is 17.3 Å². The molecule has 0 aliphatic heterocycles. The highest BCUT2D eigenvalue weighted by molar-refractivity contribution is 7.89. The van der Waals surface area contributed by atoms with Gasteiger partial charge in [0.1, 0.15) is 5.78 Å². The molecule has 0 aromatic heterocycles. The minimum absolute atomic E-state index is 0.00208. The third-order valence-electron chi connectivity index (χ3n) is 19.7. The van der Waals surface area contributed by atoms with Crippen LogP contribution < -0.4 is 0 Å². The lowest BCUT2D eigenvalue weighted by Crippen LogP contribution is -2.59. The molecule has 0 heterocycles. The fourth-order valence-electron chi connectivity index (χ4n) is 16.6. The van der Waals surface area contributed by atoms with Gasteiger partial charge in [-0.25, -0.2) is 25.3 Å². The van der Waals surface area contributed by atoms with E-state index in [0.717, 1.165) is 38.5 Å². The number of hydrogen-bond acceptors (Lipinski definition) is 11. The summed E-state index contributed by atoms with van der Waals surface area (Å²) in [6, 6.07) is 4.43. The SMILES string of the molecule is CC(C)N(C(C)C)S(=O)(=O)CC12CCC(CC1=O)C2(C)C.CC(C)N(C(C)C)S(=O)(=O)CC12CCC(C[C@@]1(C#N)O[Si](C)(C)C)C2(C)C.CC(C)N(C(C)C)S(=O)(=O)CC12CCC(C[C@]1(C#N)O[Si](C)(C)C)C2(C)C. The van der Waals surface area contributed by atoms with Gasteiger partial charge in [-0.15, -0.1) is 0 Å². The zero-order valence-corrected chi connectivity index (χ0v) is 55.8. The summed E-state index contributed by atoms with van der Waals surface area (Å²) in [7, 11) is -14.6. The van der Waals surface area contributed by atoms with Crippen molar-refractivity contribution in [1.82, 2.24) is 12.9 Å². The topological polar surface area (TPSA) is 195 Å². The Kier molecular flexibility index (Phi) is 19.0. The van der Waals surface area contributed by atoms with E-state index in [0.29, 0.717) is 37.0 Å². The Hall–Kier alpha value is -1.27. The Morgan fingerprint density at radius 2 is 0.773 bits per heavy atom. The van der Waals surface area contributed by atoms with Crippen LogP contribution in [0.2, 0.25) is 39.3 Å². The molecule has 0 N–H and O–H groups in total. The standard InChI is InChI=1S/2C20H38N2O3SSi.C16H29NO3S/c2*1-15(2)22(16(3)4)26(23,24)14-19-11-10-17(18(19,5)6)12-20(19,13-21)25-27(7,8)9;1-11(2)17(12(3)4)21(19,20)10-16-8-7-13(9-14(16)18)15(16,5)6/h2*15-17H,10-12,14H2,1-9H3;11-13H,7-10H2,1-6H3/t2*17?,19?,20-;/m10./s1. The van der Waals surface area contributed by atoms with Gasteiger partial charge in [-0.3, -0.25) is 4.79 Å². The molecule has 6 aliphatic carbocycles. The molecule has 0 spiro atoms. The van der Waals surface area contributed by atoms with E-state index in [-0.39, 0.29) is 75.5 Å². The third kappa shape index (κ3) is 11.5. The summed E-state index contributed by atoms with van der Waals surface area (Å²) in [5.41, 5.74) is -4.69. The van der Waals surface area contributed by atoms with Gasteiger partial charge in [-0.1, -0.05) is 41.5 Å². The highest BCUT2D eigenvalue weighted by Gasteiger charge is 2.76. The average molecular weight is 1140 g/mol. The highest BCUT2D eigenvalue weighted by Crippen LogP contribution is 2.73. The van der Waals surface area contributed by atoms with E-state index >= 15 is 0 Å². The van der Waals surface area contributed by atoms with E-state index in [1.807, 2.05) is 83.1 Å². The number of hydrogen-bond donors (Lipinski definition) is 0. The molecule has 0 amide bonds. The van der Waals surface area contributed by atoms with Gasteiger partial charge in [-0.05, 0) is 208 Å². The van der Waals surface area contributed by atoms with E-state index in [9.17, 15) is 40.6 Å². The molecular formula is C56H105N5O9S3Si2. The Morgan fingerprint density at radius 1 is 0.493 bits per heavy atom. The van der Waals surface area contributed by atoms with Crippen molar-refractivity contribution in [3.63, 3.8) is 0 Å². The van der Waals surface area contributed by atoms with Gasteiger partial charge in [0.15, 0.2) is 27.8 Å². The van der Waals surface area contributed by atoms with Crippen molar-refractivity contribution in [2.45, 2.75) is 269 Å². The Labute approximate surface area is 461 Å². The Morgan fingerprint density at radius 3 is 0.987 bits per heavy atom. The first-order valence-corrected chi connectivity index (χ1v) is 40.0. The van der Waals surface area contributed by atoms with Crippen LogP contribution in [0.15, 0.2) is 0 Å². The van der Waals surface area contributed by atoms with Crippen molar-refractivity contribution in [3.8, 4) is 12.1 Å². The van der Waals surface area contributed by atoms with Gasteiger partial charge in [0.05, 0.1) is 29.4 Å². The predicted octanol–water partition coefficient (Wildman–Crippen LogP) is 11.6. The summed E-state index contributed by atoms with van der Waals surface area (Å²) in [5, 5.41) is 20.6. The molecule has 19 heteroatoms. The van der Waals surface area contributed by atoms with Crippen molar-refractivity contribution < 1.29 is 38.9 Å². The summed E-state index contributed by atoms with van der Waals surface area (Å²) in [4.78, 5) is 12.5. The Bertz CT molecular complexity index is 2380. The molecule has 6 unspecified atom stereocenters. The van der Waals surface area contributed by atoms with E-state index in [2.05, 4.69) is 93.0 Å². The first-order valence-electron chi connectivity index (χ1n) is 28.4. The van der Waals surface area contributed by atoms with Crippen LogP contribution in [0.25, 0.3) is 0 Å². The van der Waals surface area contributed by atoms with Gasteiger partial charge in [0.2, 0.25) is 30.1 Å². The fourth-order valence-corrected chi connectivity index (χ4v) is 27.7. The van der Waals surface area contributed by atoms with Crippen LogP contribution >= 0.6 is 0 Å². The number of nitriles is 2. The highest BCUT2D eigenvalue weighted by atomic mass is 32.2. The molecule has 75 heavy (non-hydrogen) atoms. The molecule has 434 valence electrons. The normalized spacial score (nSPS) is 32.8. The molecule has 6 bridgehead atoms. The van der Waals surface area contributed by atoms with E-state index < -0.39 is 74.2 Å². The zero-order chi connectivity index (χ0) is 58.3. The molecule has 6 aliphatic rings. The van der Waals surface area contributed by atoms with Crippen LogP contribution in [0.4, 0.5) is 0 Å². The van der Waals surface area contributed by atoms with Crippen LogP contribution in [0.3, 0.4) is 0 Å². The molecule has 14 nitrogen and oxygen atoms in total. The number of Topliss-reactive ketones (excluding diaryl/α,β-unsaturated/α-hetero) is 1. The number of nitrogens with zero attached hydrogens (tertiary/aromatic N) is 5. The lowest BCUT2D eigenvalue weighted by Gasteiger charge is -2.49. The van der Waals surface area contributed by atoms with Gasteiger partial charge < -0.3 is 8.85 Å². The zero-order valence-electron chi connectivity index (χ0n) is 51.3. The molecule has 0 radical (unpaired) electrons. The largest absolute Gasteiger partial charge is 0.399 e. The molecule has 0 aromatic carbocycles. The van der Waals surface area contributed by atoms with Crippen LogP contribution in [-0.2, 0) is 43.7 Å². The smallest absolute Gasteiger partial charge is 0.215 e. The molecule has 6 rings (SSSR count). The summed E-state index contributed by atoms with van der Waals surface area (Å²) < 4.78 is 98.1. The Balaban J connectivity index is 0.000000246. The second-order valence-corrected chi connectivity index (χ2v) is 43.8. The van der Waals surface area contributed by atoms with Gasteiger partial charge in [-0.2, -0.15) is 23.4 Å². The minimum atomic E-state index is -3.54. The van der Waals surface area contributed by atoms with Crippen LogP contribution in [0, 0.1) is 72.9 Å². The number of sulfonamides is 3. The molecule has 8 atom stereocenters. The maximum Gasteiger partial charge on any atom is 0.215 e. The lowest BCUT2D eigenvalue weighted by atomic mass is 9.64. The third-order valence-corrected chi connectivity index (χ3v) is 28.7. The van der Waals surface area contributed by atoms with E-state index in [1.165, 1.54) is 0 Å². The monoisotopic (exact) mass is 1140 g/mol. The summed E-state index contributed by atoms with van der Waals surface area (Å²) in [6.45, 7) is 48.2. The lowest BCUT2D eigenvalue weighted by molar-refractivity contribution is -0.128. The quantitative estimate of drug-likeness (QED) is 0.112. The van der Waals surface area contributed by atoms with Crippen molar-refractivity contribution >= 4 is 52.5 Å². The fraction of sp³-hybridized carbons (Fsp3) is 0.946. The van der Waals surface area contributed by atoms with Gasteiger partial charge in [0.25, 0.3) is 0 Å². The first-order chi connectivity index (χ1) is 33.6. The molecule has 0 aromatic rings. The van der Waals surface area contributed by atoms with E-state index in [4.69, 9.17) is 8.85 Å². The molecule has 6 fully saturated rings. The first kappa shape index (κ1) is 66.2. The van der Waals surface area contributed by atoms with Gasteiger partial charge in [0, 0.05) is 58.9 Å². The van der Waals surface area contributed by atoms with Crippen LogP contribution in [0.1, 0.15) is 182 Å².